The predicted octanol–water partition coefficient (Wildman–Crippen LogP) is 6.20. The lowest BCUT2D eigenvalue weighted by atomic mass is 10.2. The Hall–Kier alpha value is -2.57. The topological polar surface area (TPSA) is 64.4 Å². The molecule has 3 aromatic carbocycles. The van der Waals surface area contributed by atoms with E-state index in [4.69, 9.17) is 16.3 Å². The Labute approximate surface area is 170 Å². The highest BCUT2D eigenvalue weighted by Gasteiger charge is 2.07. The molecule has 0 bridgehead atoms. The first-order valence-electron chi connectivity index (χ1n) is 8.16. The molecule has 0 aliphatic heterocycles. The molecular formula is C20H16BrClN2O3. The Morgan fingerprint density at radius 1 is 1.04 bits per heavy atom. The van der Waals surface area contributed by atoms with Gasteiger partial charge in [0.25, 0.3) is 5.69 Å². The third kappa shape index (κ3) is 5.21. The van der Waals surface area contributed by atoms with E-state index in [-0.39, 0.29) is 5.69 Å². The minimum atomic E-state index is -0.420. The summed E-state index contributed by atoms with van der Waals surface area (Å²) in [5, 5.41) is 14.7. The number of hydrogen-bond acceptors (Lipinski definition) is 4. The molecule has 0 aromatic heterocycles. The molecule has 0 heterocycles. The zero-order valence-corrected chi connectivity index (χ0v) is 16.5. The van der Waals surface area contributed by atoms with Gasteiger partial charge in [0.1, 0.15) is 12.4 Å². The van der Waals surface area contributed by atoms with Crippen LogP contribution in [0.15, 0.2) is 71.2 Å². The van der Waals surface area contributed by atoms with Gasteiger partial charge in [-0.25, -0.2) is 0 Å². The lowest BCUT2D eigenvalue weighted by molar-refractivity contribution is -0.384. The monoisotopic (exact) mass is 446 g/mol. The van der Waals surface area contributed by atoms with Crippen LogP contribution < -0.4 is 10.1 Å². The molecule has 0 aliphatic rings. The van der Waals surface area contributed by atoms with E-state index in [0.29, 0.717) is 23.9 Å². The van der Waals surface area contributed by atoms with Crippen molar-refractivity contribution in [2.24, 2.45) is 0 Å². The number of para-hydroxylation sites is 1. The summed E-state index contributed by atoms with van der Waals surface area (Å²) in [7, 11) is 0. The van der Waals surface area contributed by atoms with Crippen molar-refractivity contribution >= 4 is 38.9 Å². The van der Waals surface area contributed by atoms with Gasteiger partial charge in [0.2, 0.25) is 0 Å². The van der Waals surface area contributed by atoms with Gasteiger partial charge in [-0.3, -0.25) is 10.1 Å². The van der Waals surface area contributed by atoms with Crippen LogP contribution in [0.3, 0.4) is 0 Å². The fourth-order valence-corrected chi connectivity index (χ4v) is 3.19. The molecule has 5 nitrogen and oxygen atoms in total. The molecule has 0 spiro atoms. The molecule has 0 fully saturated rings. The predicted molar refractivity (Wildman–Crippen MR) is 110 cm³/mol. The molecule has 0 radical (unpaired) electrons. The molecule has 27 heavy (non-hydrogen) atoms. The van der Waals surface area contributed by atoms with E-state index in [1.807, 2.05) is 42.5 Å². The second-order valence-electron chi connectivity index (χ2n) is 5.81. The number of benzene rings is 3. The molecule has 0 unspecified atom stereocenters. The molecule has 0 saturated heterocycles. The standard InChI is InChI=1S/C20H16BrClN2O3/c21-17-11-15(12-23-19-4-2-1-3-18(19)22)7-10-20(17)27-13-14-5-8-16(9-6-14)24(25)26/h1-11,23H,12-13H2. The van der Waals surface area contributed by atoms with Gasteiger partial charge in [-0.05, 0) is 63.5 Å². The van der Waals surface area contributed by atoms with E-state index in [1.165, 1.54) is 12.1 Å². The van der Waals surface area contributed by atoms with Crippen molar-refractivity contribution in [2.75, 3.05) is 5.32 Å². The maximum Gasteiger partial charge on any atom is 0.269 e. The Morgan fingerprint density at radius 3 is 2.41 bits per heavy atom. The molecule has 138 valence electrons. The number of nitro groups is 1. The number of nitrogens with one attached hydrogen (secondary N) is 1. The molecule has 1 N–H and O–H groups in total. The summed E-state index contributed by atoms with van der Waals surface area (Å²) in [6, 6.07) is 19.7. The average Bonchev–Trinajstić information content (AvgIpc) is 2.67. The van der Waals surface area contributed by atoms with Gasteiger partial charge in [-0.15, -0.1) is 0 Å². The van der Waals surface area contributed by atoms with Gasteiger partial charge in [0.15, 0.2) is 0 Å². The number of non-ortho nitro benzene ring substituents is 1. The average molecular weight is 448 g/mol. The molecular weight excluding hydrogens is 432 g/mol. The number of nitro benzene ring substituents is 1. The Balaban J connectivity index is 1.59. The number of halogens is 2. The van der Waals surface area contributed by atoms with Crippen LogP contribution in [0.4, 0.5) is 11.4 Å². The SMILES string of the molecule is O=[N+]([O-])c1ccc(COc2ccc(CNc3ccccc3Cl)cc2Br)cc1. The minimum absolute atomic E-state index is 0.0651. The first kappa shape index (κ1) is 19.2. The Bertz CT molecular complexity index is 948. The van der Waals surface area contributed by atoms with Crippen LogP contribution >= 0.6 is 27.5 Å². The van der Waals surface area contributed by atoms with Gasteiger partial charge >= 0.3 is 0 Å². The highest BCUT2D eigenvalue weighted by Crippen LogP contribution is 2.28. The first-order chi connectivity index (χ1) is 13.0. The molecule has 0 aliphatic carbocycles. The molecule has 3 rings (SSSR count). The number of rotatable bonds is 7. The Morgan fingerprint density at radius 2 is 1.74 bits per heavy atom. The van der Waals surface area contributed by atoms with E-state index in [1.54, 1.807) is 12.1 Å². The van der Waals surface area contributed by atoms with Gasteiger partial charge in [-0.1, -0.05) is 29.8 Å². The first-order valence-corrected chi connectivity index (χ1v) is 9.33. The maximum atomic E-state index is 10.7. The van der Waals surface area contributed by atoms with Crippen molar-refractivity contribution in [3.05, 3.63) is 97.5 Å². The summed E-state index contributed by atoms with van der Waals surface area (Å²) in [6.45, 7) is 0.957. The molecule has 7 heteroatoms. The summed E-state index contributed by atoms with van der Waals surface area (Å²) in [6.07, 6.45) is 0. The highest BCUT2D eigenvalue weighted by atomic mass is 79.9. The van der Waals surface area contributed by atoms with E-state index >= 15 is 0 Å². The fourth-order valence-electron chi connectivity index (χ4n) is 2.45. The smallest absolute Gasteiger partial charge is 0.269 e. The fraction of sp³-hybridized carbons (Fsp3) is 0.100. The molecule has 0 amide bonds. The van der Waals surface area contributed by atoms with Gasteiger partial charge in [0.05, 0.1) is 20.1 Å². The summed E-state index contributed by atoms with van der Waals surface area (Å²) in [4.78, 5) is 10.3. The third-order valence-electron chi connectivity index (χ3n) is 3.89. The summed E-state index contributed by atoms with van der Waals surface area (Å²) in [5.74, 6) is 0.704. The number of ether oxygens (including phenoxy) is 1. The van der Waals surface area contributed by atoms with Crippen molar-refractivity contribution in [2.45, 2.75) is 13.2 Å². The highest BCUT2D eigenvalue weighted by molar-refractivity contribution is 9.10. The molecule has 0 saturated carbocycles. The molecule has 3 aromatic rings. The van der Waals surface area contributed by atoms with Crippen molar-refractivity contribution < 1.29 is 9.66 Å². The summed E-state index contributed by atoms with van der Waals surface area (Å²) >= 11 is 9.67. The summed E-state index contributed by atoms with van der Waals surface area (Å²) in [5.41, 5.74) is 2.88. The van der Waals surface area contributed by atoms with Crippen molar-refractivity contribution in [3.63, 3.8) is 0 Å². The van der Waals surface area contributed by atoms with Crippen LogP contribution in [0.2, 0.25) is 5.02 Å². The number of hydrogen-bond donors (Lipinski definition) is 1. The number of nitrogens with zero attached hydrogens (tertiary/aromatic N) is 1. The van der Waals surface area contributed by atoms with Crippen LogP contribution in [-0.4, -0.2) is 4.92 Å². The van der Waals surface area contributed by atoms with E-state index < -0.39 is 4.92 Å². The normalized spacial score (nSPS) is 10.4. The largest absolute Gasteiger partial charge is 0.488 e. The van der Waals surface area contributed by atoms with Crippen molar-refractivity contribution in [3.8, 4) is 5.75 Å². The lowest BCUT2D eigenvalue weighted by Gasteiger charge is -2.12. The van der Waals surface area contributed by atoms with Crippen LogP contribution in [0.25, 0.3) is 0 Å². The van der Waals surface area contributed by atoms with Gasteiger partial charge in [-0.2, -0.15) is 0 Å². The lowest BCUT2D eigenvalue weighted by Crippen LogP contribution is -2.01. The maximum absolute atomic E-state index is 10.7. The zero-order valence-electron chi connectivity index (χ0n) is 14.2. The van der Waals surface area contributed by atoms with Crippen LogP contribution in [0, 0.1) is 10.1 Å². The quantitative estimate of drug-likeness (QED) is 0.346. The second kappa shape index (κ2) is 8.88. The van der Waals surface area contributed by atoms with E-state index in [2.05, 4.69) is 21.2 Å². The van der Waals surface area contributed by atoms with Gasteiger partial charge < -0.3 is 10.1 Å². The van der Waals surface area contributed by atoms with Crippen molar-refractivity contribution in [1.29, 1.82) is 0 Å². The van der Waals surface area contributed by atoms with Crippen LogP contribution in [0.1, 0.15) is 11.1 Å². The second-order valence-corrected chi connectivity index (χ2v) is 7.07. The van der Waals surface area contributed by atoms with Crippen molar-refractivity contribution in [1.82, 2.24) is 0 Å². The summed E-state index contributed by atoms with van der Waals surface area (Å²) < 4.78 is 6.64. The number of anilines is 1. The molecule has 0 atom stereocenters. The van der Waals surface area contributed by atoms with E-state index in [9.17, 15) is 10.1 Å². The third-order valence-corrected chi connectivity index (χ3v) is 4.84. The van der Waals surface area contributed by atoms with Crippen LogP contribution in [-0.2, 0) is 13.2 Å². The van der Waals surface area contributed by atoms with Gasteiger partial charge in [0, 0.05) is 18.7 Å². The van der Waals surface area contributed by atoms with E-state index in [0.717, 1.165) is 21.3 Å². The Kier molecular flexibility index (Phi) is 6.32. The minimum Gasteiger partial charge on any atom is -0.488 e. The van der Waals surface area contributed by atoms with Crippen LogP contribution in [0.5, 0.6) is 5.75 Å². The zero-order chi connectivity index (χ0) is 19.2.